The summed E-state index contributed by atoms with van der Waals surface area (Å²) in [4.78, 5) is 66.1. The van der Waals surface area contributed by atoms with E-state index in [9.17, 15) is 24.0 Å². The Balaban J connectivity index is 0.000000178. The summed E-state index contributed by atoms with van der Waals surface area (Å²) < 4.78 is 8.35. The molecule has 2 aromatic carbocycles. The van der Waals surface area contributed by atoms with Crippen molar-refractivity contribution in [2.45, 2.75) is 36.7 Å². The minimum atomic E-state index is -0.613. The van der Waals surface area contributed by atoms with Gasteiger partial charge in [0, 0.05) is 44.0 Å². The number of carbonyl (C=O) groups is 5. The maximum atomic E-state index is 12.3. The summed E-state index contributed by atoms with van der Waals surface area (Å²) in [6, 6.07) is 34.9. The maximum Gasteiger partial charge on any atom is 0.309 e. The monoisotopic (exact) mass is 860 g/mol. The molecule has 1 atom stereocenters. The Morgan fingerprint density at radius 3 is 2.07 bits per heavy atom. The van der Waals surface area contributed by atoms with Gasteiger partial charge in [0.2, 0.25) is 5.91 Å². The lowest BCUT2D eigenvalue weighted by Crippen LogP contribution is -2.25. The van der Waals surface area contributed by atoms with Crippen molar-refractivity contribution in [1.82, 2.24) is 28.7 Å². The molecule has 1 saturated heterocycles. The van der Waals surface area contributed by atoms with Crippen LogP contribution in [0.1, 0.15) is 45.2 Å². The molecule has 0 bridgehead atoms. The number of amides is 1. The molecule has 1 aliphatic heterocycles. The molecule has 5 aromatic heterocycles. The van der Waals surface area contributed by atoms with Gasteiger partial charge in [0.25, 0.3) is 0 Å². The quantitative estimate of drug-likeness (QED) is 0.0786. The molecule has 1 amide bonds. The van der Waals surface area contributed by atoms with Crippen LogP contribution >= 0.6 is 15.9 Å². The number of imidazole rings is 2. The number of hydrogen-bond acceptors (Lipinski definition) is 11. The molecule has 8 rings (SSSR count). The van der Waals surface area contributed by atoms with E-state index in [1.54, 1.807) is 22.9 Å². The van der Waals surface area contributed by atoms with Crippen LogP contribution in [0.25, 0.3) is 11.3 Å². The number of pyridine rings is 3. The van der Waals surface area contributed by atoms with Crippen LogP contribution in [0.5, 0.6) is 0 Å². The molecule has 4 N–H and O–H groups in total. The fourth-order valence-electron chi connectivity index (χ4n) is 5.72. The Morgan fingerprint density at radius 2 is 1.47 bits per heavy atom. The van der Waals surface area contributed by atoms with Crippen LogP contribution in [0.4, 0.5) is 5.82 Å². The Morgan fingerprint density at radius 1 is 0.831 bits per heavy atom. The zero-order valence-electron chi connectivity index (χ0n) is 32.4. The van der Waals surface area contributed by atoms with Crippen molar-refractivity contribution in [1.29, 1.82) is 0 Å². The average Bonchev–Trinajstić information content (AvgIpc) is 4.01. The predicted molar refractivity (Wildman–Crippen MR) is 229 cm³/mol. The number of aldehydes is 3. The number of benzene rings is 2. The lowest BCUT2D eigenvalue weighted by molar-refractivity contribution is -0.139. The van der Waals surface area contributed by atoms with Gasteiger partial charge in [0.15, 0.2) is 6.29 Å². The highest BCUT2D eigenvalue weighted by Gasteiger charge is 2.31. The van der Waals surface area contributed by atoms with Gasteiger partial charge in [-0.2, -0.15) is 0 Å². The van der Waals surface area contributed by atoms with E-state index >= 15 is 0 Å². The summed E-state index contributed by atoms with van der Waals surface area (Å²) in [5, 5.41) is 0. The van der Waals surface area contributed by atoms with Crippen LogP contribution in [0.15, 0.2) is 140 Å². The Bertz CT molecular complexity index is 2380. The molecule has 14 nitrogen and oxygen atoms in total. The zero-order chi connectivity index (χ0) is 42.4. The molecule has 59 heavy (non-hydrogen) atoms. The number of aromatic nitrogens is 5. The van der Waals surface area contributed by atoms with Gasteiger partial charge in [0.1, 0.15) is 40.2 Å². The van der Waals surface area contributed by atoms with E-state index < -0.39 is 4.83 Å². The van der Waals surface area contributed by atoms with Crippen molar-refractivity contribution < 1.29 is 28.7 Å². The number of halogens is 1. The molecule has 1 unspecified atom stereocenters. The average molecular weight is 862 g/mol. The van der Waals surface area contributed by atoms with Crippen molar-refractivity contribution in [2.24, 2.45) is 5.73 Å². The summed E-state index contributed by atoms with van der Waals surface area (Å²) in [6.07, 6.45) is 11.6. The second kappa shape index (κ2) is 24.0. The topological polar surface area (TPSA) is 197 Å². The first-order chi connectivity index (χ1) is 28.7. The molecule has 1 fully saturated rings. The number of nitrogens with two attached hydrogens (primary N) is 2. The molecular weight excluding hydrogens is 816 g/mol. The summed E-state index contributed by atoms with van der Waals surface area (Å²) in [5.74, 6) is 0.865. The number of esters is 1. The highest BCUT2D eigenvalue weighted by atomic mass is 79.9. The van der Waals surface area contributed by atoms with Crippen LogP contribution < -0.4 is 11.5 Å². The van der Waals surface area contributed by atoms with E-state index in [0.717, 1.165) is 40.9 Å². The Hall–Kier alpha value is -6.84. The molecule has 304 valence electrons. The number of nitrogen functional groups attached to an aromatic ring is 1. The molecule has 1 aliphatic rings. The summed E-state index contributed by atoms with van der Waals surface area (Å²) >= 11 is 2.74. The highest BCUT2D eigenvalue weighted by Crippen LogP contribution is 2.29. The van der Waals surface area contributed by atoms with Gasteiger partial charge in [-0.15, -0.1) is 0 Å². The molecule has 6 heterocycles. The van der Waals surface area contributed by atoms with Crippen LogP contribution in [0.2, 0.25) is 0 Å². The highest BCUT2D eigenvalue weighted by molar-refractivity contribution is 9.10. The summed E-state index contributed by atoms with van der Waals surface area (Å²) in [5.41, 5.74) is 17.3. The number of anilines is 1. The van der Waals surface area contributed by atoms with Crippen molar-refractivity contribution in [3.63, 3.8) is 0 Å². The largest absolute Gasteiger partial charge is 0.469 e. The number of carbonyl (C=O) groups excluding carboxylic acids is 5. The van der Waals surface area contributed by atoms with Gasteiger partial charge in [-0.05, 0) is 53.1 Å². The van der Waals surface area contributed by atoms with Crippen LogP contribution in [-0.2, 0) is 43.4 Å². The van der Waals surface area contributed by atoms with E-state index in [1.165, 1.54) is 12.7 Å². The molecule has 0 aliphatic carbocycles. The minimum Gasteiger partial charge on any atom is -0.469 e. The van der Waals surface area contributed by atoms with Crippen molar-refractivity contribution in [2.75, 3.05) is 19.4 Å². The Labute approximate surface area is 350 Å². The molecule has 15 heteroatoms. The molecule has 0 saturated carbocycles. The van der Waals surface area contributed by atoms with Crippen LogP contribution in [0, 0.1) is 0 Å². The predicted octanol–water partition coefficient (Wildman–Crippen LogP) is 5.67. The summed E-state index contributed by atoms with van der Waals surface area (Å²) in [6.45, 7) is 1.89. The molecule has 0 spiro atoms. The standard InChI is InChI=1S/C18H17N3O.C10H13NO2.C8H6N2O.C5H6N2.C3H3BrO2/c22-18-10-15(14-6-2-1-3-7-14)12-20(18)13-16-11-19-17-8-4-5-9-21(16)17;1-13-10(12)6-8-3-2-4-9(5-8)7-11;11-6-7-5-9-8-3-1-2-4-10(7)8;6-5-3-1-2-4-7-5;4-3(1-5)2-6/h1-9,11,15H,10,12-13H2;2-5H,6-7,11H2,1H3;1-6H;1-4H,(H2,6,7);1-3H. The zero-order valence-corrected chi connectivity index (χ0v) is 34.0. The van der Waals surface area contributed by atoms with Crippen molar-refractivity contribution >= 4 is 63.8 Å². The van der Waals surface area contributed by atoms with Crippen molar-refractivity contribution in [3.8, 4) is 0 Å². The lowest BCUT2D eigenvalue weighted by atomic mass is 9.99. The second-order valence-electron chi connectivity index (χ2n) is 12.7. The number of alkyl halides is 1. The molecule has 0 radical (unpaired) electrons. The number of likely N-dealkylation sites (tertiary alicyclic amines) is 1. The number of nitrogens with zero attached hydrogens (tertiary/aromatic N) is 6. The Kier molecular flexibility index (Phi) is 18.3. The molecule has 7 aromatic rings. The van der Waals surface area contributed by atoms with E-state index in [-0.39, 0.29) is 11.9 Å². The number of rotatable bonds is 9. The van der Waals surface area contributed by atoms with Gasteiger partial charge in [-0.1, -0.05) is 88.7 Å². The third kappa shape index (κ3) is 14.2. The number of fused-ring (bicyclic) bond motifs is 2. The SMILES string of the molecule is COC(=O)Cc1cccc(CN)c1.Nc1ccccn1.O=C1CC(c2ccccc2)CN1Cc1cnc2ccccn12.O=CC(Br)C=O.O=Cc1cnc2ccccn12. The normalized spacial score (nSPS) is 12.7. The van der Waals surface area contributed by atoms with Crippen molar-refractivity contribution in [3.05, 3.63) is 168 Å². The number of hydrogen-bond donors (Lipinski definition) is 2. The third-order valence-electron chi connectivity index (χ3n) is 8.65. The second-order valence-corrected chi connectivity index (χ2v) is 13.8. The van der Waals surface area contributed by atoms with Gasteiger partial charge >= 0.3 is 5.97 Å². The van der Waals surface area contributed by atoms with E-state index in [4.69, 9.17) is 11.5 Å². The number of ether oxygens (including phenoxy) is 1. The smallest absolute Gasteiger partial charge is 0.309 e. The first-order valence-electron chi connectivity index (χ1n) is 18.4. The fraction of sp³-hybridized carbons (Fsp3) is 0.182. The summed E-state index contributed by atoms with van der Waals surface area (Å²) in [7, 11) is 1.38. The van der Waals surface area contributed by atoms with Gasteiger partial charge in [-0.3, -0.25) is 18.8 Å². The minimum absolute atomic E-state index is 0.222. The van der Waals surface area contributed by atoms with Crippen LogP contribution in [-0.4, -0.2) is 77.9 Å². The van der Waals surface area contributed by atoms with E-state index in [0.29, 0.717) is 55.9 Å². The fourth-order valence-corrected chi connectivity index (χ4v) is 5.72. The van der Waals surface area contributed by atoms with Crippen LogP contribution in [0.3, 0.4) is 0 Å². The van der Waals surface area contributed by atoms with E-state index in [1.807, 2.05) is 119 Å². The van der Waals surface area contributed by atoms with E-state index in [2.05, 4.69) is 47.8 Å². The third-order valence-corrected chi connectivity index (χ3v) is 9.08. The molecular formula is C44H45BrN8O6. The van der Waals surface area contributed by atoms with Gasteiger partial charge in [-0.25, -0.2) is 15.0 Å². The maximum absolute atomic E-state index is 12.3. The van der Waals surface area contributed by atoms with Gasteiger partial charge in [0.05, 0.1) is 38.2 Å². The lowest BCUT2D eigenvalue weighted by Gasteiger charge is -2.16. The van der Waals surface area contributed by atoms with Gasteiger partial charge < -0.3 is 35.1 Å². The number of methoxy groups -OCH3 is 1. The first-order valence-corrected chi connectivity index (χ1v) is 19.3. The first kappa shape index (κ1) is 44.9.